The Hall–Kier alpha value is -2.77. The Kier molecular flexibility index (Phi) is 5.71. The minimum absolute atomic E-state index is 0.110. The van der Waals surface area contributed by atoms with Crippen molar-refractivity contribution in [3.63, 3.8) is 0 Å². The van der Waals surface area contributed by atoms with Gasteiger partial charge in [-0.25, -0.2) is 9.78 Å². The Bertz CT molecular complexity index is 808. The highest BCUT2D eigenvalue weighted by molar-refractivity contribution is 7.19. The molecule has 0 aliphatic heterocycles. The number of thiazole rings is 1. The first kappa shape index (κ1) is 17.1. The van der Waals surface area contributed by atoms with Crippen LogP contribution in [0.15, 0.2) is 61.1 Å². The number of aromatic nitrogens is 2. The first-order valence-electron chi connectivity index (χ1n) is 7.83. The number of aliphatic hydroxyl groups excluding tert-OH is 1. The van der Waals surface area contributed by atoms with Crippen molar-refractivity contribution >= 4 is 22.5 Å². The van der Waals surface area contributed by atoms with E-state index >= 15 is 0 Å². The first-order valence-corrected chi connectivity index (χ1v) is 8.65. The third-order valence-corrected chi connectivity index (χ3v) is 4.49. The molecule has 2 aromatic heterocycles. The lowest BCUT2D eigenvalue weighted by molar-refractivity contribution is 0.185. The maximum absolute atomic E-state index is 12.5. The summed E-state index contributed by atoms with van der Waals surface area (Å²) >= 11 is 1.41. The lowest BCUT2D eigenvalue weighted by Crippen LogP contribution is -2.36. The predicted molar refractivity (Wildman–Crippen MR) is 98.3 cm³/mol. The van der Waals surface area contributed by atoms with Crippen molar-refractivity contribution in [2.24, 2.45) is 0 Å². The molecule has 2 N–H and O–H groups in total. The Morgan fingerprint density at radius 2 is 2.00 bits per heavy atom. The van der Waals surface area contributed by atoms with Crippen LogP contribution in [-0.4, -0.2) is 39.2 Å². The van der Waals surface area contributed by atoms with Crippen LogP contribution in [0.1, 0.15) is 5.56 Å². The standard InChI is InChI=1S/C18H18N4O2S/c23-10-9-22(13-14-5-4-8-19-11-14)18(24)21-17-20-12-16(25-17)15-6-2-1-3-7-15/h1-8,11-12,23H,9-10,13H2,(H,20,21,24). The molecule has 0 atom stereocenters. The number of benzene rings is 1. The van der Waals surface area contributed by atoms with E-state index in [9.17, 15) is 9.90 Å². The zero-order chi connectivity index (χ0) is 17.5. The van der Waals surface area contributed by atoms with Gasteiger partial charge in [0.15, 0.2) is 5.13 Å². The van der Waals surface area contributed by atoms with E-state index in [0.29, 0.717) is 11.7 Å². The average molecular weight is 354 g/mol. The molecule has 0 radical (unpaired) electrons. The van der Waals surface area contributed by atoms with Gasteiger partial charge in [0.25, 0.3) is 0 Å². The van der Waals surface area contributed by atoms with Gasteiger partial charge in [-0.3, -0.25) is 10.3 Å². The normalized spacial score (nSPS) is 10.4. The number of rotatable bonds is 6. The summed E-state index contributed by atoms with van der Waals surface area (Å²) in [4.78, 5) is 23.3. The fourth-order valence-electron chi connectivity index (χ4n) is 2.32. The highest BCUT2D eigenvalue weighted by atomic mass is 32.1. The summed E-state index contributed by atoms with van der Waals surface area (Å²) in [6, 6.07) is 13.3. The van der Waals surface area contributed by atoms with Gasteiger partial charge < -0.3 is 10.0 Å². The van der Waals surface area contributed by atoms with Crippen LogP contribution in [0.25, 0.3) is 10.4 Å². The molecule has 0 fully saturated rings. The number of aliphatic hydroxyl groups is 1. The minimum Gasteiger partial charge on any atom is -0.395 e. The molecule has 0 spiro atoms. The van der Waals surface area contributed by atoms with Gasteiger partial charge in [-0.15, -0.1) is 0 Å². The average Bonchev–Trinajstić information content (AvgIpc) is 3.11. The summed E-state index contributed by atoms with van der Waals surface area (Å²) in [6.45, 7) is 0.496. The molecule has 128 valence electrons. The molecule has 0 bridgehead atoms. The van der Waals surface area contributed by atoms with Crippen molar-refractivity contribution in [3.05, 3.63) is 66.6 Å². The molecule has 3 rings (SSSR count). The third kappa shape index (κ3) is 4.62. The van der Waals surface area contributed by atoms with Gasteiger partial charge >= 0.3 is 6.03 Å². The number of nitrogens with one attached hydrogen (secondary N) is 1. The summed E-state index contributed by atoms with van der Waals surface area (Å²) in [5, 5.41) is 12.6. The van der Waals surface area contributed by atoms with E-state index < -0.39 is 0 Å². The predicted octanol–water partition coefficient (Wildman–Crippen LogP) is 3.23. The fraction of sp³-hybridized carbons (Fsp3) is 0.167. The zero-order valence-corrected chi connectivity index (χ0v) is 14.3. The highest BCUT2D eigenvalue weighted by Gasteiger charge is 2.15. The Balaban J connectivity index is 1.68. The number of pyridine rings is 1. The summed E-state index contributed by atoms with van der Waals surface area (Å²) in [5.74, 6) is 0. The molecule has 6 nitrogen and oxygen atoms in total. The molecule has 3 aromatic rings. The molecule has 2 heterocycles. The van der Waals surface area contributed by atoms with Crippen molar-refractivity contribution in [1.29, 1.82) is 0 Å². The molecule has 7 heteroatoms. The van der Waals surface area contributed by atoms with Crippen LogP contribution < -0.4 is 5.32 Å². The topological polar surface area (TPSA) is 78.4 Å². The van der Waals surface area contributed by atoms with Gasteiger partial charge in [0.05, 0.1) is 11.5 Å². The van der Waals surface area contributed by atoms with E-state index in [0.717, 1.165) is 16.0 Å². The maximum Gasteiger partial charge on any atom is 0.324 e. The third-order valence-electron chi connectivity index (χ3n) is 3.53. The van der Waals surface area contributed by atoms with E-state index in [1.165, 1.54) is 16.2 Å². The zero-order valence-electron chi connectivity index (χ0n) is 13.5. The molecule has 2 amide bonds. The summed E-state index contributed by atoms with van der Waals surface area (Å²) in [5.41, 5.74) is 1.96. The molecule has 0 saturated heterocycles. The van der Waals surface area contributed by atoms with E-state index in [-0.39, 0.29) is 19.2 Å². The lowest BCUT2D eigenvalue weighted by atomic mass is 10.2. The Morgan fingerprint density at radius 1 is 1.16 bits per heavy atom. The van der Waals surface area contributed by atoms with Gasteiger partial charge in [0, 0.05) is 31.7 Å². The fourth-order valence-corrected chi connectivity index (χ4v) is 3.13. The molecule has 25 heavy (non-hydrogen) atoms. The summed E-state index contributed by atoms with van der Waals surface area (Å²) in [6.07, 6.45) is 5.13. The molecule has 1 aromatic carbocycles. The van der Waals surface area contributed by atoms with Crippen LogP contribution in [0, 0.1) is 0 Å². The first-order chi connectivity index (χ1) is 12.3. The van der Waals surface area contributed by atoms with Gasteiger partial charge in [-0.05, 0) is 17.2 Å². The molecule has 0 unspecified atom stereocenters. The van der Waals surface area contributed by atoms with Crippen LogP contribution in [-0.2, 0) is 6.54 Å². The number of amides is 2. The Labute approximate surface area is 149 Å². The summed E-state index contributed by atoms with van der Waals surface area (Å²) < 4.78 is 0. The van der Waals surface area contributed by atoms with Crippen molar-refractivity contribution in [2.75, 3.05) is 18.5 Å². The van der Waals surface area contributed by atoms with E-state index in [4.69, 9.17) is 0 Å². The van der Waals surface area contributed by atoms with Crippen LogP contribution in [0.3, 0.4) is 0 Å². The summed E-state index contributed by atoms with van der Waals surface area (Å²) in [7, 11) is 0. The lowest BCUT2D eigenvalue weighted by Gasteiger charge is -2.21. The van der Waals surface area contributed by atoms with Crippen molar-refractivity contribution < 1.29 is 9.90 Å². The van der Waals surface area contributed by atoms with Gasteiger partial charge in [-0.1, -0.05) is 47.7 Å². The van der Waals surface area contributed by atoms with Crippen molar-refractivity contribution in [3.8, 4) is 10.4 Å². The number of hydrogen-bond acceptors (Lipinski definition) is 5. The van der Waals surface area contributed by atoms with Gasteiger partial charge in [0.2, 0.25) is 0 Å². The second-order valence-corrected chi connectivity index (χ2v) is 6.36. The maximum atomic E-state index is 12.5. The van der Waals surface area contributed by atoms with Crippen LogP contribution in [0.2, 0.25) is 0 Å². The number of nitrogens with zero attached hydrogens (tertiary/aromatic N) is 3. The van der Waals surface area contributed by atoms with E-state index in [1.807, 2.05) is 42.5 Å². The molecule has 0 aliphatic rings. The number of hydrogen-bond donors (Lipinski definition) is 2. The van der Waals surface area contributed by atoms with Crippen LogP contribution in [0.4, 0.5) is 9.93 Å². The van der Waals surface area contributed by atoms with E-state index in [2.05, 4.69) is 15.3 Å². The Morgan fingerprint density at radius 3 is 2.72 bits per heavy atom. The van der Waals surface area contributed by atoms with Gasteiger partial charge in [-0.2, -0.15) is 0 Å². The molecule has 0 aliphatic carbocycles. The van der Waals surface area contributed by atoms with E-state index in [1.54, 1.807) is 18.6 Å². The molecule has 0 saturated carbocycles. The smallest absolute Gasteiger partial charge is 0.324 e. The number of urea groups is 1. The second-order valence-electron chi connectivity index (χ2n) is 5.33. The quantitative estimate of drug-likeness (QED) is 0.712. The van der Waals surface area contributed by atoms with Gasteiger partial charge in [0.1, 0.15) is 0 Å². The van der Waals surface area contributed by atoms with Crippen molar-refractivity contribution in [1.82, 2.24) is 14.9 Å². The number of carbonyl (C=O) groups excluding carboxylic acids is 1. The molecular weight excluding hydrogens is 336 g/mol. The van der Waals surface area contributed by atoms with Crippen molar-refractivity contribution in [2.45, 2.75) is 6.54 Å². The number of anilines is 1. The van der Waals surface area contributed by atoms with Crippen LogP contribution in [0.5, 0.6) is 0 Å². The SMILES string of the molecule is O=C(Nc1ncc(-c2ccccc2)s1)N(CCO)Cc1cccnc1. The monoisotopic (exact) mass is 354 g/mol. The minimum atomic E-state index is -0.299. The second kappa shape index (κ2) is 8.36. The molecular formula is C18H18N4O2S. The number of carbonyl (C=O) groups is 1. The van der Waals surface area contributed by atoms with Crippen LogP contribution >= 0.6 is 11.3 Å². The highest BCUT2D eigenvalue weighted by Crippen LogP contribution is 2.28. The largest absolute Gasteiger partial charge is 0.395 e.